The van der Waals surface area contributed by atoms with Crippen molar-refractivity contribution in [1.29, 1.82) is 0 Å². The molecule has 4 nitrogen and oxygen atoms in total. The Kier molecular flexibility index (Phi) is 5.54. The van der Waals surface area contributed by atoms with Crippen LogP contribution in [0.25, 0.3) is 0 Å². The van der Waals surface area contributed by atoms with Crippen LogP contribution in [0.1, 0.15) is 54.4 Å². The van der Waals surface area contributed by atoms with Crippen molar-refractivity contribution in [2.45, 2.75) is 45.4 Å². The highest BCUT2D eigenvalue weighted by Crippen LogP contribution is 2.24. The third kappa shape index (κ3) is 3.97. The van der Waals surface area contributed by atoms with Crippen molar-refractivity contribution in [3.8, 4) is 0 Å². The Morgan fingerprint density at radius 1 is 1.00 bits per heavy atom. The molecule has 1 aromatic rings. The molecule has 1 aromatic carbocycles. The molecular formula is C20H28N2O2. The molecule has 2 aliphatic heterocycles. The summed E-state index contributed by atoms with van der Waals surface area (Å²) in [6.07, 6.45) is 6.00. The Labute approximate surface area is 144 Å². The molecule has 2 fully saturated rings. The Balaban J connectivity index is 1.45. The minimum absolute atomic E-state index is 0.152. The molecule has 2 heterocycles. The summed E-state index contributed by atoms with van der Waals surface area (Å²) in [6, 6.07) is 7.80. The first-order chi connectivity index (χ1) is 11.6. The fourth-order valence-corrected chi connectivity index (χ4v) is 3.86. The molecule has 0 radical (unpaired) electrons. The second-order valence-corrected chi connectivity index (χ2v) is 7.18. The lowest BCUT2D eigenvalue weighted by atomic mass is 9.91. The highest BCUT2D eigenvalue weighted by molar-refractivity contribution is 5.95. The summed E-state index contributed by atoms with van der Waals surface area (Å²) < 4.78 is 0. The SMILES string of the molecule is Cc1ccccc1C(=O)N1CCC(CCC(=O)N2CCCC2)CC1. The molecule has 0 aliphatic carbocycles. The van der Waals surface area contributed by atoms with E-state index in [1.54, 1.807) is 0 Å². The predicted molar refractivity (Wildman–Crippen MR) is 94.9 cm³/mol. The van der Waals surface area contributed by atoms with Gasteiger partial charge in [-0.25, -0.2) is 0 Å². The summed E-state index contributed by atoms with van der Waals surface area (Å²) >= 11 is 0. The second-order valence-electron chi connectivity index (χ2n) is 7.18. The van der Waals surface area contributed by atoms with Crippen molar-refractivity contribution in [3.05, 3.63) is 35.4 Å². The van der Waals surface area contributed by atoms with E-state index < -0.39 is 0 Å². The second kappa shape index (κ2) is 7.82. The lowest BCUT2D eigenvalue weighted by molar-refractivity contribution is -0.130. The number of rotatable bonds is 4. The average molecular weight is 328 g/mol. The van der Waals surface area contributed by atoms with Crippen LogP contribution in [0.3, 0.4) is 0 Å². The molecular weight excluding hydrogens is 300 g/mol. The van der Waals surface area contributed by atoms with E-state index >= 15 is 0 Å². The number of hydrogen-bond donors (Lipinski definition) is 0. The zero-order valence-electron chi connectivity index (χ0n) is 14.7. The molecule has 0 unspecified atom stereocenters. The summed E-state index contributed by atoms with van der Waals surface area (Å²) in [5.41, 5.74) is 1.86. The summed E-state index contributed by atoms with van der Waals surface area (Å²) in [7, 11) is 0. The quantitative estimate of drug-likeness (QED) is 0.851. The van der Waals surface area contributed by atoms with Crippen LogP contribution in [-0.4, -0.2) is 47.8 Å². The van der Waals surface area contributed by atoms with Gasteiger partial charge in [-0.2, -0.15) is 0 Å². The standard InChI is InChI=1S/C20H28N2O2/c1-16-6-2-3-7-18(16)20(24)22-14-10-17(11-15-22)8-9-19(23)21-12-4-5-13-21/h2-3,6-7,17H,4-5,8-15H2,1H3. The number of likely N-dealkylation sites (tertiary alicyclic amines) is 2. The van der Waals surface area contributed by atoms with Gasteiger partial charge in [0.15, 0.2) is 0 Å². The van der Waals surface area contributed by atoms with Crippen molar-refractivity contribution in [2.24, 2.45) is 5.92 Å². The highest BCUT2D eigenvalue weighted by Gasteiger charge is 2.25. The zero-order valence-corrected chi connectivity index (χ0v) is 14.7. The molecule has 0 atom stereocenters. The predicted octanol–water partition coefficient (Wildman–Crippen LogP) is 3.25. The highest BCUT2D eigenvalue weighted by atomic mass is 16.2. The number of amides is 2. The topological polar surface area (TPSA) is 40.6 Å². The zero-order chi connectivity index (χ0) is 16.9. The van der Waals surface area contributed by atoms with E-state index in [9.17, 15) is 9.59 Å². The van der Waals surface area contributed by atoms with E-state index in [4.69, 9.17) is 0 Å². The van der Waals surface area contributed by atoms with Crippen LogP contribution < -0.4 is 0 Å². The maximum absolute atomic E-state index is 12.6. The maximum atomic E-state index is 12.6. The third-order valence-electron chi connectivity index (χ3n) is 5.50. The summed E-state index contributed by atoms with van der Waals surface area (Å²) in [5.74, 6) is 1.06. The number of nitrogens with zero attached hydrogens (tertiary/aromatic N) is 2. The van der Waals surface area contributed by atoms with Crippen LogP contribution in [-0.2, 0) is 4.79 Å². The lowest BCUT2D eigenvalue weighted by Gasteiger charge is -2.32. The van der Waals surface area contributed by atoms with Crippen molar-refractivity contribution in [2.75, 3.05) is 26.2 Å². The van der Waals surface area contributed by atoms with E-state index in [0.29, 0.717) is 18.2 Å². The first-order valence-corrected chi connectivity index (χ1v) is 9.28. The Morgan fingerprint density at radius 2 is 1.67 bits per heavy atom. The molecule has 2 saturated heterocycles. The molecule has 24 heavy (non-hydrogen) atoms. The maximum Gasteiger partial charge on any atom is 0.254 e. The molecule has 2 amide bonds. The van der Waals surface area contributed by atoms with Crippen LogP contribution in [0, 0.1) is 12.8 Å². The van der Waals surface area contributed by atoms with Crippen molar-refractivity contribution < 1.29 is 9.59 Å². The van der Waals surface area contributed by atoms with Gasteiger partial charge in [0.2, 0.25) is 5.91 Å². The Bertz CT molecular complexity index is 585. The monoisotopic (exact) mass is 328 g/mol. The summed E-state index contributed by atoms with van der Waals surface area (Å²) in [4.78, 5) is 28.8. The Morgan fingerprint density at radius 3 is 2.33 bits per heavy atom. The van der Waals surface area contributed by atoms with Gasteiger partial charge >= 0.3 is 0 Å². The number of aryl methyl sites for hydroxylation is 1. The van der Waals surface area contributed by atoms with Crippen LogP contribution in [0.5, 0.6) is 0 Å². The number of benzene rings is 1. The molecule has 0 bridgehead atoms. The van der Waals surface area contributed by atoms with Gasteiger partial charge in [0.05, 0.1) is 0 Å². The van der Waals surface area contributed by atoms with Gasteiger partial charge in [-0.05, 0) is 56.6 Å². The Hall–Kier alpha value is -1.84. The lowest BCUT2D eigenvalue weighted by Crippen LogP contribution is -2.39. The average Bonchev–Trinajstić information content (AvgIpc) is 3.15. The molecule has 2 aliphatic rings. The van der Waals surface area contributed by atoms with Crippen LogP contribution in [0.15, 0.2) is 24.3 Å². The number of hydrogen-bond acceptors (Lipinski definition) is 2. The number of carbonyl (C=O) groups excluding carboxylic acids is 2. The smallest absolute Gasteiger partial charge is 0.254 e. The molecule has 130 valence electrons. The van der Waals surface area contributed by atoms with Gasteiger partial charge in [0, 0.05) is 38.2 Å². The minimum atomic E-state index is 0.152. The van der Waals surface area contributed by atoms with Crippen molar-refractivity contribution in [1.82, 2.24) is 9.80 Å². The van der Waals surface area contributed by atoms with E-state index in [-0.39, 0.29) is 5.91 Å². The third-order valence-corrected chi connectivity index (χ3v) is 5.50. The first-order valence-electron chi connectivity index (χ1n) is 9.28. The van der Waals surface area contributed by atoms with Gasteiger partial charge in [-0.1, -0.05) is 18.2 Å². The summed E-state index contributed by atoms with van der Waals surface area (Å²) in [6.45, 7) is 5.51. The van der Waals surface area contributed by atoms with Gasteiger partial charge in [0.1, 0.15) is 0 Å². The minimum Gasteiger partial charge on any atom is -0.343 e. The molecule has 3 rings (SSSR count). The van der Waals surface area contributed by atoms with Crippen molar-refractivity contribution in [3.63, 3.8) is 0 Å². The number of carbonyl (C=O) groups is 2. The normalized spacial score (nSPS) is 18.9. The van der Waals surface area contributed by atoms with E-state index in [1.807, 2.05) is 41.0 Å². The molecule has 0 spiro atoms. The largest absolute Gasteiger partial charge is 0.343 e. The molecule has 0 aromatic heterocycles. The van der Waals surface area contributed by atoms with Crippen LogP contribution in [0.4, 0.5) is 0 Å². The van der Waals surface area contributed by atoms with Gasteiger partial charge in [0.25, 0.3) is 5.91 Å². The fraction of sp³-hybridized carbons (Fsp3) is 0.600. The summed E-state index contributed by atoms with van der Waals surface area (Å²) in [5, 5.41) is 0. The van der Waals surface area contributed by atoms with Gasteiger partial charge in [-0.3, -0.25) is 9.59 Å². The van der Waals surface area contributed by atoms with E-state index in [0.717, 1.165) is 69.4 Å². The van der Waals surface area contributed by atoms with Crippen LogP contribution >= 0.6 is 0 Å². The van der Waals surface area contributed by atoms with Crippen molar-refractivity contribution >= 4 is 11.8 Å². The van der Waals surface area contributed by atoms with Gasteiger partial charge in [-0.15, -0.1) is 0 Å². The van der Waals surface area contributed by atoms with Crippen LogP contribution in [0.2, 0.25) is 0 Å². The molecule has 0 N–H and O–H groups in total. The number of piperidine rings is 1. The fourth-order valence-electron chi connectivity index (χ4n) is 3.86. The first kappa shape index (κ1) is 17.0. The van der Waals surface area contributed by atoms with Gasteiger partial charge < -0.3 is 9.80 Å². The molecule has 4 heteroatoms. The van der Waals surface area contributed by atoms with E-state index in [2.05, 4.69) is 0 Å². The molecule has 0 saturated carbocycles. The van der Waals surface area contributed by atoms with E-state index in [1.165, 1.54) is 0 Å².